The van der Waals surface area contributed by atoms with E-state index in [-0.39, 0.29) is 0 Å². The molecule has 1 rings (SSSR count). The van der Waals surface area contributed by atoms with E-state index in [0.717, 1.165) is 45.1 Å². The van der Waals surface area contributed by atoms with Crippen LogP contribution in [0.25, 0.3) is 0 Å². The van der Waals surface area contributed by atoms with Crippen molar-refractivity contribution in [3.8, 4) is 0 Å². The Bertz CT molecular complexity index is 458. The highest BCUT2D eigenvalue weighted by atomic mass is 15.3. The number of aliphatic imine (C=N–C) groups is 1. The Labute approximate surface area is 154 Å². The lowest BCUT2D eigenvalue weighted by molar-refractivity contribution is 0.173. The van der Waals surface area contributed by atoms with Crippen molar-refractivity contribution in [2.45, 2.75) is 66.6 Å². The minimum Gasteiger partial charge on any atom is -0.357 e. The Hall–Kier alpha value is -1.56. The van der Waals surface area contributed by atoms with Crippen molar-refractivity contribution < 1.29 is 0 Å². The normalized spacial score (nSPS) is 13.7. The second-order valence-corrected chi connectivity index (χ2v) is 7.26. The molecule has 0 aliphatic heterocycles. The Kier molecular flexibility index (Phi) is 10.2. The van der Waals surface area contributed by atoms with Gasteiger partial charge in [-0.15, -0.1) is 0 Å². The summed E-state index contributed by atoms with van der Waals surface area (Å²) in [5.74, 6) is 1.36. The molecule has 2 N–H and O–H groups in total. The van der Waals surface area contributed by atoms with E-state index >= 15 is 0 Å². The number of nitrogens with zero attached hydrogens (tertiary/aromatic N) is 4. The molecular formula is C19H38N6. The van der Waals surface area contributed by atoms with Crippen LogP contribution in [0, 0.1) is 5.92 Å². The van der Waals surface area contributed by atoms with Crippen LogP contribution in [0.5, 0.6) is 0 Å². The van der Waals surface area contributed by atoms with Gasteiger partial charge in [0.1, 0.15) is 0 Å². The van der Waals surface area contributed by atoms with Crippen LogP contribution in [-0.4, -0.2) is 58.9 Å². The molecule has 0 saturated heterocycles. The maximum atomic E-state index is 4.72. The summed E-state index contributed by atoms with van der Waals surface area (Å²) in [6.45, 7) is 18.0. The van der Waals surface area contributed by atoms with E-state index in [1.807, 2.05) is 23.1 Å². The predicted molar refractivity (Wildman–Crippen MR) is 107 cm³/mol. The molecule has 1 aromatic rings. The van der Waals surface area contributed by atoms with Gasteiger partial charge in [0.15, 0.2) is 5.96 Å². The van der Waals surface area contributed by atoms with Gasteiger partial charge in [0.2, 0.25) is 0 Å². The van der Waals surface area contributed by atoms with E-state index < -0.39 is 0 Å². The van der Waals surface area contributed by atoms with Crippen molar-refractivity contribution in [1.82, 2.24) is 25.3 Å². The van der Waals surface area contributed by atoms with Crippen molar-refractivity contribution in [2.24, 2.45) is 10.9 Å². The molecular weight excluding hydrogens is 312 g/mol. The quantitative estimate of drug-likeness (QED) is 0.366. The Balaban J connectivity index is 2.37. The molecule has 0 aliphatic rings. The standard InChI is InChI=1S/C19H38N6/c1-7-20-19(21-10-8-13-25(16(2)3)17(4)5)22-14-18(6)15-24-12-9-11-23-24/h9,11-12,16-18H,7-8,10,13-15H2,1-6H3,(H2,20,21,22). The Morgan fingerprint density at radius 1 is 1.16 bits per heavy atom. The highest BCUT2D eigenvalue weighted by Gasteiger charge is 2.12. The van der Waals surface area contributed by atoms with Gasteiger partial charge in [-0.2, -0.15) is 5.10 Å². The summed E-state index contributed by atoms with van der Waals surface area (Å²) in [7, 11) is 0. The van der Waals surface area contributed by atoms with Crippen LogP contribution in [0.15, 0.2) is 23.5 Å². The van der Waals surface area contributed by atoms with Crippen LogP contribution in [0.1, 0.15) is 48.0 Å². The molecule has 0 amide bonds. The molecule has 0 spiro atoms. The molecule has 0 saturated carbocycles. The third-order valence-electron chi connectivity index (χ3n) is 4.18. The average Bonchev–Trinajstić information content (AvgIpc) is 3.04. The van der Waals surface area contributed by atoms with E-state index in [1.165, 1.54) is 0 Å². The number of hydrogen-bond acceptors (Lipinski definition) is 3. The lowest BCUT2D eigenvalue weighted by atomic mass is 10.2. The Morgan fingerprint density at radius 3 is 2.44 bits per heavy atom. The molecule has 6 nitrogen and oxygen atoms in total. The summed E-state index contributed by atoms with van der Waals surface area (Å²) in [6, 6.07) is 3.13. The summed E-state index contributed by atoms with van der Waals surface area (Å²) in [6.07, 6.45) is 4.93. The van der Waals surface area contributed by atoms with Crippen LogP contribution in [0.4, 0.5) is 0 Å². The van der Waals surface area contributed by atoms with Gasteiger partial charge in [-0.05, 0) is 53.0 Å². The van der Waals surface area contributed by atoms with Gasteiger partial charge in [-0.25, -0.2) is 0 Å². The molecule has 6 heteroatoms. The first-order valence-electron chi connectivity index (χ1n) is 9.69. The van der Waals surface area contributed by atoms with E-state index in [4.69, 9.17) is 4.99 Å². The maximum Gasteiger partial charge on any atom is 0.191 e. The lowest BCUT2D eigenvalue weighted by Gasteiger charge is -2.30. The van der Waals surface area contributed by atoms with Gasteiger partial charge in [-0.3, -0.25) is 14.6 Å². The van der Waals surface area contributed by atoms with Crippen LogP contribution in [-0.2, 0) is 6.54 Å². The third kappa shape index (κ3) is 8.91. The van der Waals surface area contributed by atoms with Crippen LogP contribution in [0.3, 0.4) is 0 Å². The SMILES string of the molecule is CCNC(=NCC(C)Cn1cccn1)NCCCN(C(C)C)C(C)C. The molecule has 1 unspecified atom stereocenters. The minimum atomic E-state index is 0.452. The van der Waals surface area contributed by atoms with E-state index in [0.29, 0.717) is 18.0 Å². The van der Waals surface area contributed by atoms with Crippen molar-refractivity contribution in [3.63, 3.8) is 0 Å². The van der Waals surface area contributed by atoms with E-state index in [2.05, 4.69) is 62.2 Å². The summed E-state index contributed by atoms with van der Waals surface area (Å²) < 4.78 is 1.97. The fourth-order valence-corrected chi connectivity index (χ4v) is 2.96. The van der Waals surface area contributed by atoms with Gasteiger partial charge in [0, 0.05) is 57.2 Å². The second kappa shape index (κ2) is 11.9. The van der Waals surface area contributed by atoms with Gasteiger partial charge in [0.05, 0.1) is 0 Å². The van der Waals surface area contributed by atoms with Crippen molar-refractivity contribution in [3.05, 3.63) is 18.5 Å². The molecule has 25 heavy (non-hydrogen) atoms. The number of rotatable bonds is 11. The van der Waals surface area contributed by atoms with Gasteiger partial charge >= 0.3 is 0 Å². The third-order valence-corrected chi connectivity index (χ3v) is 4.18. The number of nitrogens with one attached hydrogen (secondary N) is 2. The number of aromatic nitrogens is 2. The first kappa shape index (κ1) is 21.5. The zero-order chi connectivity index (χ0) is 18.7. The lowest BCUT2D eigenvalue weighted by Crippen LogP contribution is -2.41. The highest BCUT2D eigenvalue weighted by Crippen LogP contribution is 2.05. The van der Waals surface area contributed by atoms with E-state index in [1.54, 1.807) is 0 Å². The topological polar surface area (TPSA) is 57.5 Å². The van der Waals surface area contributed by atoms with Crippen molar-refractivity contribution >= 4 is 5.96 Å². The fourth-order valence-electron chi connectivity index (χ4n) is 2.96. The summed E-state index contributed by atoms with van der Waals surface area (Å²) >= 11 is 0. The monoisotopic (exact) mass is 350 g/mol. The molecule has 0 radical (unpaired) electrons. The first-order valence-corrected chi connectivity index (χ1v) is 9.69. The number of guanidine groups is 1. The molecule has 0 aliphatic carbocycles. The molecule has 0 aromatic carbocycles. The summed E-state index contributed by atoms with van der Waals surface area (Å²) in [4.78, 5) is 7.25. The van der Waals surface area contributed by atoms with Crippen LogP contribution in [0.2, 0.25) is 0 Å². The molecule has 1 aromatic heterocycles. The van der Waals surface area contributed by atoms with Gasteiger partial charge in [0.25, 0.3) is 0 Å². The van der Waals surface area contributed by atoms with Gasteiger partial charge < -0.3 is 10.6 Å². The molecule has 1 atom stereocenters. The maximum absolute atomic E-state index is 4.72. The molecule has 0 fully saturated rings. The van der Waals surface area contributed by atoms with Crippen molar-refractivity contribution in [1.29, 1.82) is 0 Å². The van der Waals surface area contributed by atoms with Crippen molar-refractivity contribution in [2.75, 3.05) is 26.2 Å². The molecule has 1 heterocycles. The summed E-state index contributed by atoms with van der Waals surface area (Å²) in [5, 5.41) is 11.0. The average molecular weight is 351 g/mol. The predicted octanol–water partition coefficient (Wildman–Crippen LogP) is 2.58. The van der Waals surface area contributed by atoms with Crippen LogP contribution >= 0.6 is 0 Å². The van der Waals surface area contributed by atoms with Gasteiger partial charge in [-0.1, -0.05) is 6.92 Å². The smallest absolute Gasteiger partial charge is 0.191 e. The zero-order valence-corrected chi connectivity index (χ0v) is 17.0. The second-order valence-electron chi connectivity index (χ2n) is 7.26. The molecule has 144 valence electrons. The summed E-state index contributed by atoms with van der Waals surface area (Å²) in [5.41, 5.74) is 0. The Morgan fingerprint density at radius 2 is 1.88 bits per heavy atom. The molecule has 0 bridgehead atoms. The van der Waals surface area contributed by atoms with Crippen LogP contribution < -0.4 is 10.6 Å². The minimum absolute atomic E-state index is 0.452. The zero-order valence-electron chi connectivity index (χ0n) is 17.0. The first-order chi connectivity index (χ1) is 11.9. The highest BCUT2D eigenvalue weighted by molar-refractivity contribution is 5.79. The fraction of sp³-hybridized carbons (Fsp3) is 0.789. The van der Waals surface area contributed by atoms with E-state index in [9.17, 15) is 0 Å². The largest absolute Gasteiger partial charge is 0.357 e. The number of hydrogen-bond donors (Lipinski definition) is 2.